The van der Waals surface area contributed by atoms with E-state index in [-0.39, 0.29) is 6.61 Å². The van der Waals surface area contributed by atoms with Gasteiger partial charge in [0.25, 0.3) is 0 Å². The minimum Gasteiger partial charge on any atom is -0.393 e. The average Bonchev–Trinajstić information content (AvgIpc) is 2.26. The van der Waals surface area contributed by atoms with E-state index < -0.39 is 6.10 Å². The first-order valence-electron chi connectivity index (χ1n) is 4.19. The Hall–Kier alpha value is -2.10. The van der Waals surface area contributed by atoms with E-state index in [1.807, 2.05) is 0 Å². The monoisotopic (exact) mass is 198 g/mol. The summed E-state index contributed by atoms with van der Waals surface area (Å²) in [5.41, 5.74) is 0. The topological polar surface area (TPSA) is 40.5 Å². The lowest BCUT2D eigenvalue weighted by atomic mass is 10.3. The fourth-order valence-corrected chi connectivity index (χ4v) is 0.485. The summed E-state index contributed by atoms with van der Waals surface area (Å²) in [5, 5.41) is 17.3. The van der Waals surface area contributed by atoms with Gasteiger partial charge in [-0.3, -0.25) is 0 Å². The summed E-state index contributed by atoms with van der Waals surface area (Å²) in [6.45, 7) is 1.38. The molecule has 1 atom stereocenters. The van der Waals surface area contributed by atoms with Crippen molar-refractivity contribution < 1.29 is 10.2 Å². The van der Waals surface area contributed by atoms with Crippen molar-refractivity contribution in [3.05, 3.63) is 12.2 Å². The molecule has 0 aliphatic carbocycles. The van der Waals surface area contributed by atoms with E-state index in [2.05, 4.69) is 47.4 Å². The largest absolute Gasteiger partial charge is 0.393 e. The van der Waals surface area contributed by atoms with E-state index in [0.29, 0.717) is 0 Å². The number of hydrogen-bond donors (Lipinski definition) is 2. The molecule has 0 aromatic heterocycles. The Kier molecular flexibility index (Phi) is 8.59. The molecular formula is C13H10O2. The second kappa shape index (κ2) is 9.98. The third kappa shape index (κ3) is 9.82. The number of rotatable bonds is 2. The van der Waals surface area contributed by atoms with Crippen molar-refractivity contribution >= 4 is 0 Å². The van der Waals surface area contributed by atoms with Gasteiger partial charge in [-0.15, -0.1) is 0 Å². The van der Waals surface area contributed by atoms with Crippen LogP contribution >= 0.6 is 0 Å². The lowest BCUT2D eigenvalue weighted by Gasteiger charge is -1.94. The highest BCUT2D eigenvalue weighted by Crippen LogP contribution is 1.81. The molecule has 2 nitrogen and oxygen atoms in total. The first-order chi connectivity index (χ1) is 7.31. The standard InChI is InChI=1S/C13H10O2/c1-2-3-4-5-6-7-8-9-10-11-13(15)12-14/h10-11,13-15H,12H2,1H3/b11-10+/t13-/m0/s1. The number of allylic oxidation sites excluding steroid dienone is 1. The van der Waals surface area contributed by atoms with Gasteiger partial charge in [0.2, 0.25) is 0 Å². The zero-order chi connectivity index (χ0) is 11.4. The molecule has 0 heterocycles. The van der Waals surface area contributed by atoms with E-state index in [1.54, 1.807) is 6.92 Å². The Labute approximate surface area is 90.0 Å². The molecule has 0 radical (unpaired) electrons. The molecule has 0 aromatic carbocycles. The quantitative estimate of drug-likeness (QED) is 0.610. The minimum atomic E-state index is -0.869. The van der Waals surface area contributed by atoms with E-state index >= 15 is 0 Å². The van der Waals surface area contributed by atoms with Crippen molar-refractivity contribution in [2.24, 2.45) is 0 Å². The third-order valence-electron chi connectivity index (χ3n) is 1.10. The van der Waals surface area contributed by atoms with Gasteiger partial charge in [0, 0.05) is 0 Å². The molecule has 0 saturated carbocycles. The summed E-state index contributed by atoms with van der Waals surface area (Å²) in [6, 6.07) is 0. The van der Waals surface area contributed by atoms with Gasteiger partial charge in [-0.05, 0) is 54.6 Å². The predicted molar refractivity (Wildman–Crippen MR) is 59.0 cm³/mol. The molecule has 15 heavy (non-hydrogen) atoms. The van der Waals surface area contributed by atoms with Crippen molar-refractivity contribution in [3.63, 3.8) is 0 Å². The van der Waals surface area contributed by atoms with Crippen LogP contribution in [0.5, 0.6) is 0 Å². The van der Waals surface area contributed by atoms with Gasteiger partial charge in [0.15, 0.2) is 0 Å². The highest BCUT2D eigenvalue weighted by Gasteiger charge is 1.90. The van der Waals surface area contributed by atoms with Crippen molar-refractivity contribution in [2.75, 3.05) is 6.61 Å². The fourth-order valence-electron chi connectivity index (χ4n) is 0.485. The Morgan fingerprint density at radius 2 is 1.67 bits per heavy atom. The van der Waals surface area contributed by atoms with E-state index in [0.717, 1.165) is 0 Å². The van der Waals surface area contributed by atoms with E-state index in [9.17, 15) is 0 Å². The van der Waals surface area contributed by atoms with Crippen molar-refractivity contribution in [1.29, 1.82) is 0 Å². The van der Waals surface area contributed by atoms with Crippen molar-refractivity contribution in [1.82, 2.24) is 0 Å². The number of aliphatic hydroxyl groups excluding tert-OH is 2. The van der Waals surface area contributed by atoms with Gasteiger partial charge in [0.05, 0.1) is 12.7 Å². The van der Waals surface area contributed by atoms with Gasteiger partial charge in [-0.1, -0.05) is 11.8 Å². The molecule has 0 spiro atoms. The molecule has 0 bridgehead atoms. The van der Waals surface area contributed by atoms with Crippen LogP contribution in [0.25, 0.3) is 0 Å². The lowest BCUT2D eigenvalue weighted by Crippen LogP contribution is -2.06. The van der Waals surface area contributed by atoms with Crippen LogP contribution in [-0.2, 0) is 0 Å². The third-order valence-corrected chi connectivity index (χ3v) is 1.10. The van der Waals surface area contributed by atoms with Crippen LogP contribution in [0.4, 0.5) is 0 Å². The van der Waals surface area contributed by atoms with Crippen molar-refractivity contribution in [3.8, 4) is 47.4 Å². The Bertz CT molecular complexity index is 442. The highest BCUT2D eigenvalue weighted by atomic mass is 16.3. The molecule has 0 aliphatic heterocycles. The first kappa shape index (κ1) is 12.9. The number of hydrogen-bond acceptors (Lipinski definition) is 2. The van der Waals surface area contributed by atoms with Crippen LogP contribution in [0.1, 0.15) is 6.92 Å². The van der Waals surface area contributed by atoms with Crippen LogP contribution in [0.15, 0.2) is 12.2 Å². The summed E-state index contributed by atoms with van der Waals surface area (Å²) >= 11 is 0. The predicted octanol–water partition coefficient (Wildman–Crippen LogP) is -0.0707. The smallest absolute Gasteiger partial charge is 0.0960 e. The summed E-state index contributed by atoms with van der Waals surface area (Å²) in [7, 11) is 0. The second-order valence-electron chi connectivity index (χ2n) is 2.25. The molecule has 0 rings (SSSR count). The first-order valence-corrected chi connectivity index (χ1v) is 4.19. The summed E-state index contributed by atoms with van der Waals surface area (Å²) in [4.78, 5) is 0. The Morgan fingerprint density at radius 3 is 2.27 bits per heavy atom. The van der Waals surface area contributed by atoms with Gasteiger partial charge >= 0.3 is 0 Å². The van der Waals surface area contributed by atoms with Crippen LogP contribution in [0.2, 0.25) is 0 Å². The molecule has 0 unspecified atom stereocenters. The zero-order valence-corrected chi connectivity index (χ0v) is 8.33. The molecule has 0 amide bonds. The minimum absolute atomic E-state index is 0.314. The summed E-state index contributed by atoms with van der Waals surface area (Å²) in [6.07, 6.45) is 1.93. The molecule has 74 valence electrons. The van der Waals surface area contributed by atoms with Crippen LogP contribution in [0, 0.1) is 47.4 Å². The molecule has 2 heteroatoms. The Balaban J connectivity index is 4.05. The molecule has 0 fully saturated rings. The second-order valence-corrected chi connectivity index (χ2v) is 2.25. The summed E-state index contributed by atoms with van der Waals surface area (Å²) < 4.78 is 0. The molecule has 2 N–H and O–H groups in total. The van der Waals surface area contributed by atoms with Crippen LogP contribution in [0.3, 0.4) is 0 Å². The molecule has 0 aromatic rings. The lowest BCUT2D eigenvalue weighted by molar-refractivity contribution is 0.131. The van der Waals surface area contributed by atoms with Gasteiger partial charge in [-0.2, -0.15) is 0 Å². The average molecular weight is 198 g/mol. The SMILES string of the molecule is CC#CC#CC#CC#C/C=C/[C@H](O)CO. The molecule has 0 aliphatic rings. The van der Waals surface area contributed by atoms with E-state index in [4.69, 9.17) is 10.2 Å². The van der Waals surface area contributed by atoms with Gasteiger partial charge in [0.1, 0.15) is 0 Å². The maximum atomic E-state index is 8.88. The zero-order valence-electron chi connectivity index (χ0n) is 8.33. The molecule has 0 saturated heterocycles. The normalized spacial score (nSPS) is 9.27. The maximum Gasteiger partial charge on any atom is 0.0960 e. The summed E-state index contributed by atoms with van der Waals surface area (Å²) in [5.74, 6) is 20.2. The highest BCUT2D eigenvalue weighted by molar-refractivity contribution is 5.40. The van der Waals surface area contributed by atoms with Crippen LogP contribution < -0.4 is 0 Å². The fraction of sp³-hybridized carbons (Fsp3) is 0.231. The van der Waals surface area contributed by atoms with Crippen LogP contribution in [-0.4, -0.2) is 22.9 Å². The maximum absolute atomic E-state index is 8.88. The number of aliphatic hydroxyl groups is 2. The molecular weight excluding hydrogens is 188 g/mol. The van der Waals surface area contributed by atoms with E-state index in [1.165, 1.54) is 12.2 Å². The van der Waals surface area contributed by atoms with Gasteiger partial charge in [-0.25, -0.2) is 0 Å². The van der Waals surface area contributed by atoms with Crippen molar-refractivity contribution in [2.45, 2.75) is 13.0 Å². The Morgan fingerprint density at radius 1 is 1.07 bits per heavy atom. The van der Waals surface area contributed by atoms with Gasteiger partial charge < -0.3 is 10.2 Å².